The number of nitrogens with zero attached hydrogens (tertiary/aromatic N) is 5. The summed E-state index contributed by atoms with van der Waals surface area (Å²) in [7, 11) is 0. The molecule has 2 heterocycles. The number of benzene rings is 3. The van der Waals surface area contributed by atoms with Crippen LogP contribution < -0.4 is 0 Å². The van der Waals surface area contributed by atoms with Crippen molar-refractivity contribution in [2.24, 2.45) is 0 Å². The van der Waals surface area contributed by atoms with Crippen LogP contribution in [0, 0.1) is 27.3 Å². The Morgan fingerprint density at radius 2 is 1.44 bits per heavy atom. The normalized spacial score (nSPS) is 11.8. The molecule has 0 saturated heterocycles. The van der Waals surface area contributed by atoms with E-state index in [1.165, 1.54) is 6.07 Å². The van der Waals surface area contributed by atoms with Crippen LogP contribution in [-0.2, 0) is 6.18 Å². The molecule has 0 aliphatic heterocycles. The highest BCUT2D eigenvalue weighted by atomic mass is 19.4. The predicted octanol–water partition coefficient (Wildman–Crippen LogP) is 7.13. The number of alkyl halides is 3. The van der Waals surface area contributed by atoms with E-state index in [0.717, 1.165) is 28.6 Å². The molecule has 0 bridgehead atoms. The lowest BCUT2D eigenvalue weighted by Gasteiger charge is -2.12. The maximum atomic E-state index is 13.5. The molecule has 5 aromatic rings. The molecule has 0 saturated carbocycles. The van der Waals surface area contributed by atoms with E-state index in [1.54, 1.807) is 36.6 Å². The van der Waals surface area contributed by atoms with Gasteiger partial charge in [-0.05, 0) is 56.7 Å². The zero-order chi connectivity index (χ0) is 24.2. The van der Waals surface area contributed by atoms with Gasteiger partial charge in [0.2, 0.25) is 0 Å². The molecule has 168 valence electrons. The molecule has 2 aromatic heterocycles. The summed E-state index contributed by atoms with van der Waals surface area (Å²) in [4.78, 5) is 16.6. The second-order valence-electron chi connectivity index (χ2n) is 8.15. The largest absolute Gasteiger partial charge is 0.416 e. The second kappa shape index (κ2) is 7.66. The third kappa shape index (κ3) is 3.55. The molecular weight excluding hydrogens is 439 g/mol. The topological polar surface area (TPSA) is 48.0 Å². The van der Waals surface area contributed by atoms with E-state index in [-0.39, 0.29) is 0 Å². The fourth-order valence-electron chi connectivity index (χ4n) is 4.26. The van der Waals surface area contributed by atoms with Crippen LogP contribution in [0.2, 0.25) is 0 Å². The Labute approximate surface area is 193 Å². The Balaban J connectivity index is 1.81. The molecule has 0 spiro atoms. The van der Waals surface area contributed by atoms with Crippen LogP contribution in [0.1, 0.15) is 22.8 Å². The lowest BCUT2D eigenvalue weighted by atomic mass is 10.1. The van der Waals surface area contributed by atoms with Crippen LogP contribution in [0.25, 0.3) is 43.7 Å². The van der Waals surface area contributed by atoms with Crippen LogP contribution in [0.5, 0.6) is 0 Å². The minimum atomic E-state index is -4.47. The average molecular weight is 457 g/mol. The molecule has 0 aliphatic carbocycles. The SMILES string of the molecule is [C-]#[N+]c1cc(-n2c3cc(C)ccc3c3ccc(C(F)(F)F)cc32)ccc1-c1nc(C)nc(C)n1. The lowest BCUT2D eigenvalue weighted by molar-refractivity contribution is -0.137. The first-order valence-corrected chi connectivity index (χ1v) is 10.5. The van der Waals surface area contributed by atoms with Crippen molar-refractivity contribution in [3.05, 3.63) is 88.8 Å². The monoisotopic (exact) mass is 457 g/mol. The molecule has 0 N–H and O–H groups in total. The number of halogens is 3. The summed E-state index contributed by atoms with van der Waals surface area (Å²) in [5, 5.41) is 1.55. The third-order valence-electron chi connectivity index (χ3n) is 5.71. The molecule has 34 heavy (non-hydrogen) atoms. The van der Waals surface area contributed by atoms with Crippen molar-refractivity contribution >= 4 is 27.5 Å². The fourth-order valence-corrected chi connectivity index (χ4v) is 4.26. The first-order chi connectivity index (χ1) is 16.2. The van der Waals surface area contributed by atoms with Gasteiger partial charge in [0.1, 0.15) is 11.6 Å². The van der Waals surface area contributed by atoms with Gasteiger partial charge in [0.05, 0.1) is 23.2 Å². The molecule has 0 unspecified atom stereocenters. The standard InChI is InChI=1S/C26H18F3N5/c1-14-5-8-19-20-9-6-17(26(27,28)29)12-24(20)34(23(19)11-14)18-7-10-21(22(13-18)30-4)25-32-15(2)31-16(3)33-25/h5-13H,1-3H3. The van der Waals surface area contributed by atoms with Crippen molar-refractivity contribution < 1.29 is 13.2 Å². The van der Waals surface area contributed by atoms with Crippen LogP contribution in [0.15, 0.2) is 54.6 Å². The molecule has 0 radical (unpaired) electrons. The molecule has 8 heteroatoms. The quantitative estimate of drug-likeness (QED) is 0.265. The van der Waals surface area contributed by atoms with Crippen LogP contribution in [0.4, 0.5) is 18.9 Å². The van der Waals surface area contributed by atoms with Crippen molar-refractivity contribution in [3.63, 3.8) is 0 Å². The molecule has 5 rings (SSSR count). The van der Waals surface area contributed by atoms with Gasteiger partial charge >= 0.3 is 6.18 Å². The molecule has 5 nitrogen and oxygen atoms in total. The number of aryl methyl sites for hydroxylation is 3. The van der Waals surface area contributed by atoms with Gasteiger partial charge in [-0.15, -0.1) is 0 Å². The fraction of sp³-hybridized carbons (Fsp3) is 0.154. The van der Waals surface area contributed by atoms with Crippen molar-refractivity contribution in [2.45, 2.75) is 26.9 Å². The molecule has 0 aliphatic rings. The lowest BCUT2D eigenvalue weighted by Crippen LogP contribution is -2.05. The van der Waals surface area contributed by atoms with Gasteiger partial charge in [-0.25, -0.2) is 19.8 Å². The molecule has 0 atom stereocenters. The zero-order valence-electron chi connectivity index (χ0n) is 18.6. The highest BCUT2D eigenvalue weighted by Crippen LogP contribution is 2.39. The molecule has 0 amide bonds. The number of rotatable bonds is 2. The third-order valence-corrected chi connectivity index (χ3v) is 5.71. The number of hydrogen-bond donors (Lipinski definition) is 0. The van der Waals surface area contributed by atoms with E-state index in [0.29, 0.717) is 45.3 Å². The minimum Gasteiger partial charge on any atom is -0.310 e. The van der Waals surface area contributed by atoms with Gasteiger partial charge in [-0.3, -0.25) is 0 Å². The van der Waals surface area contributed by atoms with Gasteiger partial charge in [0.25, 0.3) is 0 Å². The number of aromatic nitrogens is 4. The van der Waals surface area contributed by atoms with E-state index >= 15 is 0 Å². The van der Waals surface area contributed by atoms with Crippen molar-refractivity contribution in [1.82, 2.24) is 19.5 Å². The zero-order valence-corrected chi connectivity index (χ0v) is 18.6. The summed E-state index contributed by atoms with van der Waals surface area (Å²) in [5.74, 6) is 1.47. The Kier molecular flexibility index (Phi) is 4.87. The van der Waals surface area contributed by atoms with E-state index in [9.17, 15) is 13.2 Å². The van der Waals surface area contributed by atoms with Gasteiger partial charge in [0, 0.05) is 22.0 Å². The maximum Gasteiger partial charge on any atom is 0.416 e. The van der Waals surface area contributed by atoms with Gasteiger partial charge in [-0.1, -0.05) is 24.3 Å². The first kappa shape index (κ1) is 21.6. The second-order valence-corrected chi connectivity index (χ2v) is 8.15. The van der Waals surface area contributed by atoms with Crippen molar-refractivity contribution in [1.29, 1.82) is 0 Å². The summed E-state index contributed by atoms with van der Waals surface area (Å²) < 4.78 is 42.4. The maximum absolute atomic E-state index is 13.5. The molecule has 0 fully saturated rings. The van der Waals surface area contributed by atoms with Crippen molar-refractivity contribution in [3.8, 4) is 17.1 Å². The van der Waals surface area contributed by atoms with Gasteiger partial charge in [0.15, 0.2) is 11.5 Å². The number of fused-ring (bicyclic) bond motifs is 3. The minimum absolute atomic E-state index is 0.303. The number of hydrogen-bond acceptors (Lipinski definition) is 3. The highest BCUT2D eigenvalue weighted by molar-refractivity contribution is 6.09. The first-order valence-electron chi connectivity index (χ1n) is 10.5. The van der Waals surface area contributed by atoms with Gasteiger partial charge in [-0.2, -0.15) is 13.2 Å². The summed E-state index contributed by atoms with van der Waals surface area (Å²) in [6.07, 6.45) is -4.47. The Morgan fingerprint density at radius 3 is 2.09 bits per heavy atom. The highest BCUT2D eigenvalue weighted by Gasteiger charge is 2.31. The van der Waals surface area contributed by atoms with Crippen molar-refractivity contribution in [2.75, 3.05) is 0 Å². The summed E-state index contributed by atoms with van der Waals surface area (Å²) >= 11 is 0. The summed E-state index contributed by atoms with van der Waals surface area (Å²) in [5.41, 5.74) is 2.88. The Hall–Kier alpha value is -4.25. The van der Waals surface area contributed by atoms with E-state index < -0.39 is 11.7 Å². The molecule has 3 aromatic carbocycles. The average Bonchev–Trinajstić information content (AvgIpc) is 3.10. The van der Waals surface area contributed by atoms with E-state index in [1.807, 2.05) is 25.1 Å². The van der Waals surface area contributed by atoms with Crippen LogP contribution in [0.3, 0.4) is 0 Å². The van der Waals surface area contributed by atoms with Gasteiger partial charge < -0.3 is 4.57 Å². The molecular formula is C26H18F3N5. The van der Waals surface area contributed by atoms with E-state index in [2.05, 4.69) is 19.8 Å². The van der Waals surface area contributed by atoms with Crippen LogP contribution in [-0.4, -0.2) is 19.5 Å². The Bertz CT molecular complexity index is 1620. The Morgan fingerprint density at radius 1 is 0.794 bits per heavy atom. The van der Waals surface area contributed by atoms with E-state index in [4.69, 9.17) is 6.57 Å². The summed E-state index contributed by atoms with van der Waals surface area (Å²) in [6.45, 7) is 13.2. The smallest absolute Gasteiger partial charge is 0.310 e. The predicted molar refractivity (Wildman–Crippen MR) is 125 cm³/mol. The van der Waals surface area contributed by atoms with Crippen LogP contribution >= 0.6 is 0 Å². The summed E-state index contributed by atoms with van der Waals surface area (Å²) in [6, 6.07) is 14.7.